The second kappa shape index (κ2) is 18.9. The van der Waals surface area contributed by atoms with Crippen molar-refractivity contribution in [2.24, 2.45) is 0 Å². The monoisotopic (exact) mass is 788 g/mol. The van der Waals surface area contributed by atoms with Crippen LogP contribution in [0.3, 0.4) is 0 Å². The van der Waals surface area contributed by atoms with Gasteiger partial charge in [-0.15, -0.1) is 0 Å². The Morgan fingerprint density at radius 3 is 1.45 bits per heavy atom. The minimum atomic E-state index is -4.23. The number of aryl methyl sites for hydroxylation is 2. The molecule has 10 nitrogen and oxygen atoms in total. The number of carboxylic acids is 2. The van der Waals surface area contributed by atoms with Gasteiger partial charge in [-0.25, -0.2) is 9.59 Å². The summed E-state index contributed by atoms with van der Waals surface area (Å²) in [5, 5.41) is 24.9. The largest absolute Gasteiger partial charge is 0.493 e. The number of nitrogens with zero attached hydrogens (tertiary/aromatic N) is 2. The predicted octanol–water partition coefficient (Wildman–Crippen LogP) is 9.29. The number of pyridine rings is 2. The van der Waals surface area contributed by atoms with Crippen LogP contribution in [0.4, 0.5) is 37.7 Å². The first kappa shape index (κ1) is 41.6. The third-order valence-electron chi connectivity index (χ3n) is 9.60. The lowest BCUT2D eigenvalue weighted by Crippen LogP contribution is -2.19. The van der Waals surface area contributed by atoms with Crippen LogP contribution >= 0.6 is 0 Å². The van der Waals surface area contributed by atoms with Gasteiger partial charge in [0.15, 0.2) is 0 Å². The molecule has 0 fully saturated rings. The van der Waals surface area contributed by atoms with Crippen molar-refractivity contribution in [1.82, 2.24) is 9.97 Å². The summed E-state index contributed by atoms with van der Waals surface area (Å²) in [6.07, 6.45) is 0.901. The number of ether oxygens (including phenoxy) is 2. The summed E-state index contributed by atoms with van der Waals surface area (Å²) in [5.41, 5.74) is 5.62. The second-order valence-electron chi connectivity index (χ2n) is 13.5. The van der Waals surface area contributed by atoms with Crippen LogP contribution < -0.4 is 20.1 Å². The average Bonchev–Trinajstić information content (AvgIpc) is 3.15. The van der Waals surface area contributed by atoms with Crippen LogP contribution in [0.2, 0.25) is 0 Å². The number of carboxylic acid groups (broad SMARTS) is 2. The van der Waals surface area contributed by atoms with Gasteiger partial charge in [-0.2, -0.15) is 26.3 Å². The number of benzene rings is 2. The van der Waals surface area contributed by atoms with E-state index in [2.05, 4.69) is 20.6 Å². The molecule has 4 aromatic rings. The van der Waals surface area contributed by atoms with Crippen LogP contribution in [0.5, 0.6) is 11.5 Å². The molecule has 0 saturated heterocycles. The minimum absolute atomic E-state index is 0.166. The Morgan fingerprint density at radius 2 is 1.07 bits per heavy atom. The first-order chi connectivity index (χ1) is 26.7. The smallest absolute Gasteiger partial charge is 0.392 e. The highest BCUT2D eigenvalue weighted by Crippen LogP contribution is 2.36. The van der Waals surface area contributed by atoms with E-state index in [9.17, 15) is 46.1 Å². The normalized spacial score (nSPS) is 16.3. The number of aromatic carboxylic acids is 2. The summed E-state index contributed by atoms with van der Waals surface area (Å²) >= 11 is 0. The van der Waals surface area contributed by atoms with Crippen molar-refractivity contribution < 1.29 is 55.6 Å². The van der Waals surface area contributed by atoms with Gasteiger partial charge in [-0.05, 0) is 97.2 Å². The van der Waals surface area contributed by atoms with Crippen LogP contribution in [0.25, 0.3) is 0 Å². The SMILES string of the molecule is O=C(O)c1ccncc1NC[C@@H]1CCCc2cc(OCCC(F)(F)F)ccc21.O=C(O)c1ccncc1NC[C@H]1CCCc2cc(OCCC(F)(F)F)ccc21. The van der Waals surface area contributed by atoms with Crippen molar-refractivity contribution in [3.05, 3.63) is 107 Å². The van der Waals surface area contributed by atoms with Gasteiger partial charge in [0, 0.05) is 37.3 Å². The Hall–Kier alpha value is -5.54. The molecule has 0 aliphatic heterocycles. The van der Waals surface area contributed by atoms with E-state index in [1.807, 2.05) is 24.3 Å². The Kier molecular flexibility index (Phi) is 14.0. The zero-order chi connectivity index (χ0) is 40.3. The van der Waals surface area contributed by atoms with E-state index < -0.39 is 50.3 Å². The fraction of sp³-hybridized carbons (Fsp3) is 0.400. The molecular formula is C40H42F6N4O6. The summed E-state index contributed by atoms with van der Waals surface area (Å²) in [4.78, 5) is 30.6. The maximum Gasteiger partial charge on any atom is 0.392 e. The van der Waals surface area contributed by atoms with Gasteiger partial charge in [-0.1, -0.05) is 12.1 Å². The number of aromatic nitrogens is 2. The second-order valence-corrected chi connectivity index (χ2v) is 13.5. The zero-order valence-electron chi connectivity index (χ0n) is 30.3. The highest BCUT2D eigenvalue weighted by atomic mass is 19.4. The van der Waals surface area contributed by atoms with E-state index in [4.69, 9.17) is 9.47 Å². The molecule has 4 N–H and O–H groups in total. The molecule has 0 bridgehead atoms. The van der Waals surface area contributed by atoms with Gasteiger partial charge in [0.1, 0.15) is 11.5 Å². The number of anilines is 2. The van der Waals surface area contributed by atoms with Gasteiger partial charge in [-0.3, -0.25) is 9.97 Å². The molecule has 2 aliphatic carbocycles. The molecule has 56 heavy (non-hydrogen) atoms. The molecule has 6 rings (SSSR count). The molecule has 16 heteroatoms. The zero-order valence-corrected chi connectivity index (χ0v) is 30.3. The van der Waals surface area contributed by atoms with Gasteiger partial charge in [0.25, 0.3) is 0 Å². The van der Waals surface area contributed by atoms with E-state index in [-0.39, 0.29) is 23.0 Å². The number of hydrogen-bond acceptors (Lipinski definition) is 8. The van der Waals surface area contributed by atoms with Gasteiger partial charge in [0.2, 0.25) is 0 Å². The fourth-order valence-corrected chi connectivity index (χ4v) is 6.87. The first-order valence-corrected chi connectivity index (χ1v) is 18.1. The molecule has 2 aliphatic rings. The molecule has 2 aromatic carbocycles. The van der Waals surface area contributed by atoms with Crippen molar-refractivity contribution >= 4 is 23.3 Å². The quantitative estimate of drug-likeness (QED) is 0.0914. The molecule has 2 atom stereocenters. The predicted molar refractivity (Wildman–Crippen MR) is 196 cm³/mol. The Bertz CT molecular complexity index is 1820. The molecular weight excluding hydrogens is 746 g/mol. The molecule has 0 amide bonds. The number of halogens is 6. The lowest BCUT2D eigenvalue weighted by atomic mass is 9.82. The Morgan fingerprint density at radius 1 is 0.661 bits per heavy atom. The highest BCUT2D eigenvalue weighted by Gasteiger charge is 2.28. The maximum absolute atomic E-state index is 12.3. The Balaban J connectivity index is 0.000000214. The third-order valence-corrected chi connectivity index (χ3v) is 9.60. The standard InChI is InChI=1S/2C20H21F3N2O3/c2*21-20(22,23)7-9-28-15-4-5-16-13(10-15)2-1-3-14(16)11-25-18-12-24-8-6-17(18)19(26)27/h2*4-6,8,10,12,14,25H,1-3,7,9,11H2,(H,26,27)/t2*14-/m10/s1. The van der Waals surface area contributed by atoms with Crippen LogP contribution in [0.15, 0.2) is 73.3 Å². The van der Waals surface area contributed by atoms with Crippen molar-refractivity contribution in [1.29, 1.82) is 0 Å². The molecule has 300 valence electrons. The summed E-state index contributed by atoms with van der Waals surface area (Å²) in [6, 6.07) is 13.7. The number of rotatable bonds is 14. The third kappa shape index (κ3) is 12.2. The maximum atomic E-state index is 12.3. The number of fused-ring (bicyclic) bond motifs is 2. The van der Waals surface area contributed by atoms with E-state index in [0.29, 0.717) is 36.0 Å². The van der Waals surface area contributed by atoms with E-state index >= 15 is 0 Å². The lowest BCUT2D eigenvalue weighted by molar-refractivity contribution is -0.140. The number of alkyl halides is 6. The van der Waals surface area contributed by atoms with Crippen molar-refractivity contribution in [3.8, 4) is 11.5 Å². The number of nitrogens with one attached hydrogen (secondary N) is 2. The summed E-state index contributed by atoms with van der Waals surface area (Å²) in [6.45, 7) is 0.305. The Labute approximate surface area is 319 Å². The topological polar surface area (TPSA) is 143 Å². The summed E-state index contributed by atoms with van der Waals surface area (Å²) in [7, 11) is 0. The molecule has 2 heterocycles. The number of carbonyl (C=O) groups is 2. The van der Waals surface area contributed by atoms with Gasteiger partial charge in [0.05, 0.1) is 61.0 Å². The molecule has 2 aromatic heterocycles. The van der Waals surface area contributed by atoms with Crippen molar-refractivity contribution in [2.45, 2.75) is 75.6 Å². The number of hydrogen-bond donors (Lipinski definition) is 4. The fourth-order valence-electron chi connectivity index (χ4n) is 6.87. The molecule has 0 unspecified atom stereocenters. The van der Waals surface area contributed by atoms with Gasteiger partial charge >= 0.3 is 24.3 Å². The van der Waals surface area contributed by atoms with E-state index in [0.717, 1.165) is 60.8 Å². The van der Waals surface area contributed by atoms with E-state index in [1.54, 1.807) is 12.1 Å². The highest BCUT2D eigenvalue weighted by molar-refractivity contribution is 5.94. The van der Waals surface area contributed by atoms with Crippen LogP contribution in [0.1, 0.15) is 93.3 Å². The molecule has 0 spiro atoms. The van der Waals surface area contributed by atoms with Crippen LogP contribution in [-0.4, -0.2) is 70.8 Å². The molecule has 0 radical (unpaired) electrons. The molecule has 0 saturated carbocycles. The van der Waals surface area contributed by atoms with Crippen LogP contribution in [-0.2, 0) is 12.8 Å². The first-order valence-electron chi connectivity index (χ1n) is 18.1. The summed E-state index contributed by atoms with van der Waals surface area (Å²) < 4.78 is 84.0. The summed E-state index contributed by atoms with van der Waals surface area (Å²) in [5.74, 6) is -0.803. The van der Waals surface area contributed by atoms with Gasteiger partial charge < -0.3 is 30.3 Å². The van der Waals surface area contributed by atoms with Crippen LogP contribution in [0, 0.1) is 0 Å². The van der Waals surface area contributed by atoms with Crippen molar-refractivity contribution in [2.75, 3.05) is 36.9 Å². The van der Waals surface area contributed by atoms with E-state index in [1.165, 1.54) is 36.9 Å². The van der Waals surface area contributed by atoms with Crippen molar-refractivity contribution in [3.63, 3.8) is 0 Å². The average molecular weight is 789 g/mol. The lowest BCUT2D eigenvalue weighted by Gasteiger charge is -2.27. The minimum Gasteiger partial charge on any atom is -0.493 e.